The van der Waals surface area contributed by atoms with Gasteiger partial charge >= 0.3 is 6.18 Å². The Bertz CT molecular complexity index is 977. The first-order chi connectivity index (χ1) is 13.8. The summed E-state index contributed by atoms with van der Waals surface area (Å²) in [4.78, 5) is 14.6. The fourth-order valence-corrected chi connectivity index (χ4v) is 4.47. The van der Waals surface area contributed by atoms with Gasteiger partial charge in [0, 0.05) is 18.2 Å². The maximum Gasteiger partial charge on any atom is 0.416 e. The second-order valence-electron chi connectivity index (χ2n) is 6.71. The number of hydrogen-bond acceptors (Lipinski definition) is 5. The highest BCUT2D eigenvalue weighted by Gasteiger charge is 2.35. The quantitative estimate of drug-likeness (QED) is 0.475. The van der Waals surface area contributed by atoms with Gasteiger partial charge in [0.1, 0.15) is 15.8 Å². The Balaban J connectivity index is 1.52. The highest BCUT2D eigenvalue weighted by atomic mass is 32.2. The molecule has 1 amide bonds. The number of hydrogen-bond donors (Lipinski definition) is 0. The van der Waals surface area contributed by atoms with Crippen molar-refractivity contribution in [1.82, 2.24) is 4.90 Å². The van der Waals surface area contributed by atoms with E-state index in [0.717, 1.165) is 25.0 Å². The molecule has 2 aliphatic rings. The third-order valence-electron chi connectivity index (χ3n) is 4.66. The molecule has 2 aromatic rings. The van der Waals surface area contributed by atoms with Crippen molar-refractivity contribution in [2.45, 2.75) is 25.1 Å². The minimum atomic E-state index is -4.43. The molecule has 0 aliphatic carbocycles. The van der Waals surface area contributed by atoms with E-state index in [1.807, 2.05) is 0 Å². The van der Waals surface area contributed by atoms with E-state index >= 15 is 0 Å². The van der Waals surface area contributed by atoms with Crippen molar-refractivity contribution in [2.24, 2.45) is 0 Å². The van der Waals surface area contributed by atoms with Gasteiger partial charge in [0.25, 0.3) is 5.91 Å². The lowest BCUT2D eigenvalue weighted by Gasteiger charge is -2.18. The van der Waals surface area contributed by atoms with E-state index < -0.39 is 11.7 Å². The van der Waals surface area contributed by atoms with Crippen LogP contribution in [0.4, 0.5) is 13.2 Å². The first kappa shape index (κ1) is 20.2. The lowest BCUT2D eigenvalue weighted by molar-refractivity contribution is -0.137. The van der Waals surface area contributed by atoms with Gasteiger partial charge in [-0.05, 0) is 37.1 Å². The van der Waals surface area contributed by atoms with E-state index in [2.05, 4.69) is 0 Å². The SMILES string of the molecule is O=C1/C(=C/c2ccc(-c3cccc(C(F)(F)F)c3)o2)SC(=S)N1C[C@@H]1CCCO1. The number of carbonyl (C=O) groups is 1. The molecule has 152 valence electrons. The number of nitrogens with zero attached hydrogens (tertiary/aromatic N) is 1. The van der Waals surface area contributed by atoms with Crippen molar-refractivity contribution in [1.29, 1.82) is 0 Å². The molecule has 1 atom stereocenters. The number of furan rings is 1. The molecule has 1 aromatic carbocycles. The van der Waals surface area contributed by atoms with Crippen LogP contribution < -0.4 is 0 Å². The Kier molecular flexibility index (Phi) is 5.54. The second kappa shape index (κ2) is 7.97. The van der Waals surface area contributed by atoms with Gasteiger partial charge in [0.2, 0.25) is 0 Å². The zero-order valence-electron chi connectivity index (χ0n) is 15.1. The molecule has 2 saturated heterocycles. The topological polar surface area (TPSA) is 42.7 Å². The summed E-state index contributed by atoms with van der Waals surface area (Å²) in [6, 6.07) is 8.10. The average molecular weight is 439 g/mol. The summed E-state index contributed by atoms with van der Waals surface area (Å²) in [5, 5.41) is 0. The molecule has 0 saturated carbocycles. The third kappa shape index (κ3) is 4.41. The Hall–Kier alpha value is -2.10. The fourth-order valence-electron chi connectivity index (χ4n) is 3.21. The van der Waals surface area contributed by atoms with Crippen molar-refractivity contribution < 1.29 is 27.1 Å². The van der Waals surface area contributed by atoms with Crippen LogP contribution >= 0.6 is 24.0 Å². The maximum atomic E-state index is 12.9. The molecule has 4 rings (SSSR count). The monoisotopic (exact) mass is 439 g/mol. The molecule has 4 nitrogen and oxygen atoms in total. The minimum Gasteiger partial charge on any atom is -0.457 e. The highest BCUT2D eigenvalue weighted by molar-refractivity contribution is 8.26. The highest BCUT2D eigenvalue weighted by Crippen LogP contribution is 2.35. The first-order valence-electron chi connectivity index (χ1n) is 8.96. The van der Waals surface area contributed by atoms with Crippen LogP contribution in [0.5, 0.6) is 0 Å². The van der Waals surface area contributed by atoms with Crippen molar-refractivity contribution >= 4 is 40.3 Å². The number of benzene rings is 1. The summed E-state index contributed by atoms with van der Waals surface area (Å²) >= 11 is 6.49. The van der Waals surface area contributed by atoms with E-state index in [1.165, 1.54) is 22.7 Å². The molecule has 0 N–H and O–H groups in total. The minimum absolute atomic E-state index is 0.00651. The Morgan fingerprint density at radius 1 is 1.28 bits per heavy atom. The molecule has 3 heterocycles. The van der Waals surface area contributed by atoms with Gasteiger partial charge in [0.05, 0.1) is 23.1 Å². The van der Waals surface area contributed by atoms with Gasteiger partial charge in [-0.15, -0.1) is 0 Å². The summed E-state index contributed by atoms with van der Waals surface area (Å²) in [6.07, 6.45) is -1.00. The molecule has 2 aliphatic heterocycles. The summed E-state index contributed by atoms with van der Waals surface area (Å²) in [7, 11) is 0. The number of thiocarbonyl (C=S) groups is 1. The van der Waals surface area contributed by atoms with Crippen LogP contribution in [0.2, 0.25) is 0 Å². The van der Waals surface area contributed by atoms with Crippen LogP contribution in [0.3, 0.4) is 0 Å². The largest absolute Gasteiger partial charge is 0.457 e. The van der Waals surface area contributed by atoms with Gasteiger partial charge in [-0.2, -0.15) is 13.2 Å². The fraction of sp³-hybridized carbons (Fsp3) is 0.300. The lowest BCUT2D eigenvalue weighted by atomic mass is 10.1. The molecule has 9 heteroatoms. The summed E-state index contributed by atoms with van der Waals surface area (Å²) in [5.74, 6) is 0.444. The maximum absolute atomic E-state index is 12.9. The number of amides is 1. The molecule has 2 fully saturated rings. The number of halogens is 3. The first-order valence-corrected chi connectivity index (χ1v) is 10.2. The number of ether oxygens (including phenoxy) is 1. The van der Waals surface area contributed by atoms with Crippen molar-refractivity contribution in [2.75, 3.05) is 13.2 Å². The van der Waals surface area contributed by atoms with E-state index in [-0.39, 0.29) is 17.8 Å². The zero-order valence-corrected chi connectivity index (χ0v) is 16.7. The van der Waals surface area contributed by atoms with Crippen LogP contribution in [0, 0.1) is 0 Å². The normalized spacial score (nSPS) is 21.6. The van der Waals surface area contributed by atoms with Crippen LogP contribution in [-0.4, -0.2) is 34.4 Å². The van der Waals surface area contributed by atoms with Crippen molar-refractivity contribution in [3.8, 4) is 11.3 Å². The number of alkyl halides is 3. The molecule has 0 unspecified atom stereocenters. The Labute approximate surface area is 174 Å². The smallest absolute Gasteiger partial charge is 0.416 e. The summed E-state index contributed by atoms with van der Waals surface area (Å²) < 4.78 is 50.4. The van der Waals surface area contributed by atoms with Crippen LogP contribution in [-0.2, 0) is 15.7 Å². The molecule has 1 aromatic heterocycles. The molecule has 0 bridgehead atoms. The summed E-state index contributed by atoms with van der Waals surface area (Å²) in [6.45, 7) is 1.12. The van der Waals surface area contributed by atoms with E-state index in [4.69, 9.17) is 21.4 Å². The molecular formula is C20H16F3NO3S2. The van der Waals surface area contributed by atoms with Gasteiger partial charge in [-0.25, -0.2) is 0 Å². The van der Waals surface area contributed by atoms with E-state index in [9.17, 15) is 18.0 Å². The van der Waals surface area contributed by atoms with Crippen LogP contribution in [0.25, 0.3) is 17.4 Å². The number of rotatable bonds is 4. The van der Waals surface area contributed by atoms with Crippen LogP contribution in [0.1, 0.15) is 24.2 Å². The van der Waals surface area contributed by atoms with Crippen LogP contribution in [0.15, 0.2) is 45.7 Å². The van der Waals surface area contributed by atoms with Gasteiger partial charge in [-0.1, -0.05) is 36.1 Å². The predicted octanol–water partition coefficient (Wildman–Crippen LogP) is 5.35. The Morgan fingerprint density at radius 2 is 2.10 bits per heavy atom. The third-order valence-corrected chi connectivity index (χ3v) is 6.04. The Morgan fingerprint density at radius 3 is 2.83 bits per heavy atom. The second-order valence-corrected chi connectivity index (χ2v) is 8.38. The molecular weight excluding hydrogens is 423 g/mol. The lowest BCUT2D eigenvalue weighted by Crippen LogP contribution is -2.35. The predicted molar refractivity (Wildman–Crippen MR) is 108 cm³/mol. The molecule has 0 spiro atoms. The molecule has 29 heavy (non-hydrogen) atoms. The van der Waals surface area contributed by atoms with Gasteiger partial charge in [-0.3, -0.25) is 9.69 Å². The standard InChI is InChI=1S/C20H16F3NO3S2/c21-20(22,23)13-4-1-3-12(9-13)16-7-6-14(27-16)10-17-18(25)24(19(28)29-17)11-15-5-2-8-26-15/h1,3-4,6-7,9-10,15H,2,5,8,11H2/b17-10-/t15-/m0/s1. The average Bonchev–Trinajstić information content (AvgIpc) is 3.40. The van der Waals surface area contributed by atoms with Gasteiger partial charge in [0.15, 0.2) is 0 Å². The van der Waals surface area contributed by atoms with Gasteiger partial charge < -0.3 is 9.15 Å². The number of carbonyl (C=O) groups excluding carboxylic acids is 1. The van der Waals surface area contributed by atoms with E-state index in [1.54, 1.807) is 24.3 Å². The van der Waals surface area contributed by atoms with Crippen molar-refractivity contribution in [3.05, 3.63) is 52.6 Å². The number of thioether (sulfide) groups is 1. The molecule has 0 radical (unpaired) electrons. The summed E-state index contributed by atoms with van der Waals surface area (Å²) in [5.41, 5.74) is -0.437. The van der Waals surface area contributed by atoms with Crippen molar-refractivity contribution in [3.63, 3.8) is 0 Å². The van der Waals surface area contributed by atoms with E-state index in [0.29, 0.717) is 33.7 Å². The zero-order chi connectivity index (χ0) is 20.6.